The van der Waals surface area contributed by atoms with Gasteiger partial charge < -0.3 is 4.52 Å². The summed E-state index contributed by atoms with van der Waals surface area (Å²) in [5, 5.41) is 0. The minimum Gasteiger partial charge on any atom is -0.403 e. The van der Waals surface area contributed by atoms with Crippen molar-refractivity contribution in [2.24, 2.45) is 0 Å². The van der Waals surface area contributed by atoms with E-state index in [2.05, 4.69) is 26.8 Å². The van der Waals surface area contributed by atoms with Crippen molar-refractivity contribution in [3.8, 4) is 16.9 Å². The standard InChI is InChI=1S/C20H27O4P/c1-6-22-25(21,23-7-2)24-19-15-17(20(3,4)5)13-14-18(19)16-11-9-8-10-12-16/h8-15H,6-7H2,1-5H3. The Morgan fingerprint density at radius 3 is 2.04 bits per heavy atom. The van der Waals surface area contributed by atoms with Crippen LogP contribution in [0.1, 0.15) is 40.2 Å². The van der Waals surface area contributed by atoms with Gasteiger partial charge in [0.05, 0.1) is 13.2 Å². The zero-order valence-corrected chi connectivity index (χ0v) is 16.5. The quantitative estimate of drug-likeness (QED) is 0.549. The molecule has 0 aromatic heterocycles. The largest absolute Gasteiger partial charge is 0.530 e. The van der Waals surface area contributed by atoms with Crippen molar-refractivity contribution in [1.29, 1.82) is 0 Å². The van der Waals surface area contributed by atoms with Crippen molar-refractivity contribution in [2.45, 2.75) is 40.0 Å². The van der Waals surface area contributed by atoms with E-state index in [4.69, 9.17) is 13.6 Å². The summed E-state index contributed by atoms with van der Waals surface area (Å²) >= 11 is 0. The van der Waals surface area contributed by atoms with Crippen molar-refractivity contribution in [2.75, 3.05) is 13.2 Å². The van der Waals surface area contributed by atoms with Gasteiger partial charge in [-0.15, -0.1) is 0 Å². The molecular weight excluding hydrogens is 335 g/mol. The molecule has 0 spiro atoms. The first kappa shape index (κ1) is 19.7. The van der Waals surface area contributed by atoms with Gasteiger partial charge in [-0.3, -0.25) is 9.05 Å². The molecule has 4 nitrogen and oxygen atoms in total. The predicted molar refractivity (Wildman–Crippen MR) is 102 cm³/mol. The number of rotatable bonds is 7. The van der Waals surface area contributed by atoms with E-state index in [1.807, 2.05) is 42.5 Å². The maximum Gasteiger partial charge on any atom is 0.530 e. The lowest BCUT2D eigenvalue weighted by atomic mass is 9.86. The van der Waals surface area contributed by atoms with E-state index in [1.165, 1.54) is 0 Å². The number of phosphoric acid groups is 1. The molecule has 2 rings (SSSR count). The first-order chi connectivity index (χ1) is 11.8. The fraction of sp³-hybridized carbons (Fsp3) is 0.400. The molecule has 0 atom stereocenters. The summed E-state index contributed by atoms with van der Waals surface area (Å²) in [6, 6.07) is 15.8. The summed E-state index contributed by atoms with van der Waals surface area (Å²) in [5.74, 6) is 0.504. The monoisotopic (exact) mass is 362 g/mol. The summed E-state index contributed by atoms with van der Waals surface area (Å²) in [7, 11) is -3.66. The average molecular weight is 362 g/mol. The van der Waals surface area contributed by atoms with Crippen LogP contribution in [0.4, 0.5) is 0 Å². The lowest BCUT2D eigenvalue weighted by molar-refractivity contribution is 0.167. The molecule has 0 aliphatic rings. The smallest absolute Gasteiger partial charge is 0.403 e. The summed E-state index contributed by atoms with van der Waals surface area (Å²) in [6.07, 6.45) is 0. The summed E-state index contributed by atoms with van der Waals surface area (Å²) in [6.45, 7) is 10.4. The maximum atomic E-state index is 12.9. The molecule has 25 heavy (non-hydrogen) atoms. The third kappa shape index (κ3) is 5.18. The fourth-order valence-electron chi connectivity index (χ4n) is 2.45. The van der Waals surface area contributed by atoms with Crippen LogP contribution in [0.2, 0.25) is 0 Å². The van der Waals surface area contributed by atoms with Gasteiger partial charge in [-0.1, -0.05) is 63.2 Å². The van der Waals surface area contributed by atoms with Gasteiger partial charge in [-0.25, -0.2) is 4.57 Å². The second kappa shape index (κ2) is 8.18. The molecule has 0 heterocycles. The molecule has 0 radical (unpaired) electrons. The number of phosphoric ester groups is 1. The van der Waals surface area contributed by atoms with Crippen LogP contribution in [0.3, 0.4) is 0 Å². The number of hydrogen-bond acceptors (Lipinski definition) is 4. The van der Waals surface area contributed by atoms with Gasteiger partial charge in [0.1, 0.15) is 5.75 Å². The van der Waals surface area contributed by atoms with Crippen LogP contribution in [0, 0.1) is 0 Å². The third-order valence-corrected chi connectivity index (χ3v) is 5.29. The highest BCUT2D eigenvalue weighted by molar-refractivity contribution is 7.48. The van der Waals surface area contributed by atoms with Gasteiger partial charge >= 0.3 is 7.82 Å². The molecular formula is C20H27O4P. The van der Waals surface area contributed by atoms with Gasteiger partial charge in [-0.05, 0) is 36.5 Å². The predicted octanol–water partition coefficient (Wildman–Crippen LogP) is 6.21. The number of hydrogen-bond donors (Lipinski definition) is 0. The van der Waals surface area contributed by atoms with Crippen LogP contribution in [0.15, 0.2) is 48.5 Å². The average Bonchev–Trinajstić information content (AvgIpc) is 2.55. The van der Waals surface area contributed by atoms with Crippen molar-refractivity contribution in [3.63, 3.8) is 0 Å². The zero-order valence-electron chi connectivity index (χ0n) is 15.6. The van der Waals surface area contributed by atoms with Gasteiger partial charge in [0, 0.05) is 5.56 Å². The molecule has 2 aromatic rings. The van der Waals surface area contributed by atoms with Gasteiger partial charge in [0.25, 0.3) is 0 Å². The Bertz CT molecular complexity index is 725. The fourth-order valence-corrected chi connectivity index (χ4v) is 3.65. The van der Waals surface area contributed by atoms with E-state index in [0.29, 0.717) is 5.75 Å². The molecule has 0 aliphatic heterocycles. The molecule has 0 unspecified atom stereocenters. The highest BCUT2D eigenvalue weighted by Gasteiger charge is 2.29. The molecule has 0 saturated carbocycles. The Kier molecular flexibility index (Phi) is 6.45. The Balaban J connectivity index is 2.53. The van der Waals surface area contributed by atoms with Crippen LogP contribution in [0.25, 0.3) is 11.1 Å². The van der Waals surface area contributed by atoms with E-state index in [0.717, 1.165) is 16.7 Å². The first-order valence-corrected chi connectivity index (χ1v) is 10.0. The van der Waals surface area contributed by atoms with E-state index in [1.54, 1.807) is 13.8 Å². The maximum absolute atomic E-state index is 12.9. The molecule has 0 saturated heterocycles. The molecule has 0 amide bonds. The number of benzene rings is 2. The molecule has 0 fully saturated rings. The lowest BCUT2D eigenvalue weighted by Gasteiger charge is -2.23. The Morgan fingerprint density at radius 2 is 1.52 bits per heavy atom. The topological polar surface area (TPSA) is 44.8 Å². The van der Waals surface area contributed by atoms with Crippen molar-refractivity contribution >= 4 is 7.82 Å². The third-order valence-electron chi connectivity index (χ3n) is 3.72. The molecule has 136 valence electrons. The molecule has 5 heteroatoms. The molecule has 0 bridgehead atoms. The minimum atomic E-state index is -3.66. The summed E-state index contributed by atoms with van der Waals surface area (Å²) in [5.41, 5.74) is 2.86. The van der Waals surface area contributed by atoms with Gasteiger partial charge in [0.2, 0.25) is 0 Å². The van der Waals surface area contributed by atoms with Gasteiger partial charge in [0.15, 0.2) is 0 Å². The van der Waals surface area contributed by atoms with Crippen LogP contribution in [0.5, 0.6) is 5.75 Å². The molecule has 0 aliphatic carbocycles. The Labute approximate surface area is 150 Å². The van der Waals surface area contributed by atoms with E-state index in [-0.39, 0.29) is 18.6 Å². The second-order valence-electron chi connectivity index (χ2n) is 6.70. The van der Waals surface area contributed by atoms with Gasteiger partial charge in [-0.2, -0.15) is 0 Å². The van der Waals surface area contributed by atoms with E-state index >= 15 is 0 Å². The van der Waals surface area contributed by atoms with Crippen LogP contribution < -0.4 is 4.52 Å². The van der Waals surface area contributed by atoms with E-state index < -0.39 is 7.82 Å². The minimum absolute atomic E-state index is 0.0610. The van der Waals surface area contributed by atoms with Crippen molar-refractivity contribution < 1.29 is 18.1 Å². The summed E-state index contributed by atoms with van der Waals surface area (Å²) in [4.78, 5) is 0. The Hall–Kier alpha value is -1.61. The zero-order chi connectivity index (χ0) is 18.5. The van der Waals surface area contributed by atoms with Crippen LogP contribution in [-0.2, 0) is 19.0 Å². The van der Waals surface area contributed by atoms with Crippen molar-refractivity contribution in [3.05, 3.63) is 54.1 Å². The second-order valence-corrected chi connectivity index (χ2v) is 8.29. The SMILES string of the molecule is CCOP(=O)(OCC)Oc1cc(C(C)(C)C)ccc1-c1ccccc1. The highest BCUT2D eigenvalue weighted by atomic mass is 31.2. The molecule has 2 aromatic carbocycles. The van der Waals surface area contributed by atoms with Crippen LogP contribution >= 0.6 is 7.82 Å². The van der Waals surface area contributed by atoms with E-state index in [9.17, 15) is 4.57 Å². The Morgan fingerprint density at radius 1 is 0.920 bits per heavy atom. The van der Waals surface area contributed by atoms with Crippen LogP contribution in [-0.4, -0.2) is 13.2 Å². The normalized spacial score (nSPS) is 12.2. The first-order valence-electron chi connectivity index (χ1n) is 8.57. The summed E-state index contributed by atoms with van der Waals surface area (Å²) < 4.78 is 29.3. The highest BCUT2D eigenvalue weighted by Crippen LogP contribution is 2.51. The van der Waals surface area contributed by atoms with Crippen molar-refractivity contribution in [1.82, 2.24) is 0 Å². The molecule has 0 N–H and O–H groups in total. The lowest BCUT2D eigenvalue weighted by Crippen LogP contribution is -2.11.